The molecule has 3 rings (SSSR count). The summed E-state index contributed by atoms with van der Waals surface area (Å²) in [5, 5.41) is 1.95. The lowest BCUT2D eigenvalue weighted by Gasteiger charge is -2.04. The van der Waals surface area contributed by atoms with Crippen molar-refractivity contribution in [1.29, 1.82) is 0 Å². The van der Waals surface area contributed by atoms with Crippen molar-refractivity contribution in [2.45, 2.75) is 11.4 Å². The van der Waals surface area contributed by atoms with Gasteiger partial charge in [-0.05, 0) is 42.0 Å². The quantitative estimate of drug-likeness (QED) is 0.551. The van der Waals surface area contributed by atoms with Crippen molar-refractivity contribution >= 4 is 66.5 Å². The lowest BCUT2D eigenvalue weighted by atomic mass is 10.3. The Hall–Kier alpha value is -1.68. The number of carbonyl (C=O) groups excluding carboxylic acids is 1. The standard InChI is InChI=1S/C18H18N2O3S4/c1-24-11-9-20-15-7-6-14(27(2,22)23)12-16(15)26-18(20)19-17(21)8-5-13-4-3-10-25-13/h3-8,10,12H,9,11H2,1-2H3. The Morgan fingerprint density at radius 1 is 1.33 bits per heavy atom. The number of amides is 1. The average molecular weight is 439 g/mol. The van der Waals surface area contributed by atoms with Gasteiger partial charge in [0.1, 0.15) is 0 Å². The Bertz CT molecular complexity index is 1150. The van der Waals surface area contributed by atoms with Crippen LogP contribution in [-0.2, 0) is 21.2 Å². The number of rotatable bonds is 6. The van der Waals surface area contributed by atoms with E-state index in [0.29, 0.717) is 11.3 Å². The topological polar surface area (TPSA) is 68.5 Å². The van der Waals surface area contributed by atoms with Crippen LogP contribution in [0.2, 0.25) is 0 Å². The molecule has 142 valence electrons. The molecule has 2 heterocycles. The van der Waals surface area contributed by atoms with Crippen LogP contribution in [0.3, 0.4) is 0 Å². The molecule has 0 saturated heterocycles. The summed E-state index contributed by atoms with van der Waals surface area (Å²) in [6, 6.07) is 8.89. The fourth-order valence-electron chi connectivity index (χ4n) is 2.44. The molecule has 27 heavy (non-hydrogen) atoms. The van der Waals surface area contributed by atoms with E-state index < -0.39 is 9.84 Å². The molecule has 9 heteroatoms. The van der Waals surface area contributed by atoms with Crippen LogP contribution in [0.4, 0.5) is 0 Å². The highest BCUT2D eigenvalue weighted by molar-refractivity contribution is 7.98. The van der Waals surface area contributed by atoms with Crippen molar-refractivity contribution in [3.8, 4) is 0 Å². The Morgan fingerprint density at radius 2 is 2.15 bits per heavy atom. The van der Waals surface area contributed by atoms with E-state index in [1.54, 1.807) is 47.4 Å². The van der Waals surface area contributed by atoms with Gasteiger partial charge in [0.15, 0.2) is 14.6 Å². The Morgan fingerprint density at radius 3 is 2.81 bits per heavy atom. The molecule has 0 atom stereocenters. The van der Waals surface area contributed by atoms with Crippen LogP contribution >= 0.6 is 34.4 Å². The van der Waals surface area contributed by atoms with E-state index >= 15 is 0 Å². The summed E-state index contributed by atoms with van der Waals surface area (Å²) < 4.78 is 26.4. The lowest BCUT2D eigenvalue weighted by Crippen LogP contribution is -2.17. The summed E-state index contributed by atoms with van der Waals surface area (Å²) in [4.78, 5) is 18.4. The molecule has 0 aliphatic heterocycles. The molecule has 0 radical (unpaired) electrons. The molecular formula is C18H18N2O3S4. The highest BCUT2D eigenvalue weighted by Crippen LogP contribution is 2.22. The number of aryl methyl sites for hydroxylation is 1. The van der Waals surface area contributed by atoms with Crippen molar-refractivity contribution in [3.05, 3.63) is 51.5 Å². The zero-order valence-electron chi connectivity index (χ0n) is 14.8. The number of hydrogen-bond acceptors (Lipinski definition) is 6. The van der Waals surface area contributed by atoms with Gasteiger partial charge in [-0.15, -0.1) is 11.3 Å². The van der Waals surface area contributed by atoms with Gasteiger partial charge in [0, 0.05) is 29.5 Å². The van der Waals surface area contributed by atoms with Gasteiger partial charge in [0.25, 0.3) is 5.91 Å². The van der Waals surface area contributed by atoms with Crippen molar-refractivity contribution < 1.29 is 13.2 Å². The minimum Gasteiger partial charge on any atom is -0.316 e. The van der Waals surface area contributed by atoms with Crippen LogP contribution in [0, 0.1) is 0 Å². The van der Waals surface area contributed by atoms with Crippen LogP contribution in [0.5, 0.6) is 0 Å². The number of nitrogens with zero attached hydrogens (tertiary/aromatic N) is 2. The van der Waals surface area contributed by atoms with E-state index in [2.05, 4.69) is 4.99 Å². The maximum atomic E-state index is 12.3. The summed E-state index contributed by atoms with van der Waals surface area (Å²) in [6.07, 6.45) is 6.41. The molecule has 0 saturated carbocycles. The van der Waals surface area contributed by atoms with Gasteiger partial charge in [-0.3, -0.25) is 4.79 Å². The highest BCUT2D eigenvalue weighted by Gasteiger charge is 2.12. The fourth-order valence-corrected chi connectivity index (χ4v) is 5.24. The van der Waals surface area contributed by atoms with Gasteiger partial charge in [-0.25, -0.2) is 8.42 Å². The third-order valence-electron chi connectivity index (χ3n) is 3.74. The van der Waals surface area contributed by atoms with Gasteiger partial charge in [0.2, 0.25) is 0 Å². The molecule has 5 nitrogen and oxygen atoms in total. The molecule has 0 aliphatic carbocycles. The Labute approximate surface area is 170 Å². The van der Waals surface area contributed by atoms with Crippen molar-refractivity contribution in [2.75, 3.05) is 18.3 Å². The van der Waals surface area contributed by atoms with Crippen LogP contribution in [0.1, 0.15) is 4.88 Å². The number of thiazole rings is 1. The maximum absolute atomic E-state index is 12.3. The predicted molar refractivity (Wildman–Crippen MR) is 115 cm³/mol. The number of thiophene rings is 1. The number of benzene rings is 1. The summed E-state index contributed by atoms with van der Waals surface area (Å²) >= 11 is 4.58. The molecule has 2 aromatic heterocycles. The van der Waals surface area contributed by atoms with Crippen LogP contribution in [0.25, 0.3) is 16.3 Å². The minimum absolute atomic E-state index is 0.267. The smallest absolute Gasteiger partial charge is 0.272 e. The van der Waals surface area contributed by atoms with Crippen molar-refractivity contribution in [3.63, 3.8) is 0 Å². The first-order valence-corrected chi connectivity index (χ1v) is 13.0. The third-order valence-corrected chi connectivity index (χ3v) is 7.32. The van der Waals surface area contributed by atoms with Gasteiger partial charge in [-0.1, -0.05) is 17.4 Å². The number of fused-ring (bicyclic) bond motifs is 1. The first-order chi connectivity index (χ1) is 12.9. The summed E-state index contributed by atoms with van der Waals surface area (Å²) in [6.45, 7) is 0.695. The van der Waals surface area contributed by atoms with Crippen LogP contribution < -0.4 is 4.80 Å². The zero-order chi connectivity index (χ0) is 19.4. The Kier molecular flexibility index (Phi) is 6.36. The van der Waals surface area contributed by atoms with Gasteiger partial charge in [0.05, 0.1) is 15.1 Å². The SMILES string of the molecule is CSCCn1c(=NC(=O)C=Cc2cccs2)sc2cc(S(C)(=O)=O)ccc21. The third kappa shape index (κ3) is 4.98. The summed E-state index contributed by atoms with van der Waals surface area (Å²) in [5.41, 5.74) is 0.884. The van der Waals surface area contributed by atoms with Crippen molar-refractivity contribution in [2.24, 2.45) is 4.99 Å². The molecule has 0 spiro atoms. The first-order valence-electron chi connectivity index (χ1n) is 8.01. The zero-order valence-corrected chi connectivity index (χ0v) is 18.1. The molecule has 1 aromatic carbocycles. The average Bonchev–Trinajstić information content (AvgIpc) is 3.24. The molecule has 1 amide bonds. The summed E-state index contributed by atoms with van der Waals surface area (Å²) in [5.74, 6) is 0.530. The second-order valence-electron chi connectivity index (χ2n) is 5.73. The predicted octanol–water partition coefficient (Wildman–Crippen LogP) is 3.67. The van der Waals surface area contributed by atoms with E-state index in [0.717, 1.165) is 20.8 Å². The maximum Gasteiger partial charge on any atom is 0.272 e. The second-order valence-corrected chi connectivity index (χ2v) is 10.7. The molecule has 0 unspecified atom stereocenters. The number of carbonyl (C=O) groups is 1. The summed E-state index contributed by atoms with van der Waals surface area (Å²) in [7, 11) is -3.29. The number of sulfone groups is 1. The monoisotopic (exact) mass is 438 g/mol. The molecule has 0 bridgehead atoms. The van der Waals surface area contributed by atoms with Crippen molar-refractivity contribution in [1.82, 2.24) is 4.57 Å². The van der Waals surface area contributed by atoms with Crippen LogP contribution in [-0.4, -0.2) is 37.2 Å². The molecule has 0 N–H and O–H groups in total. The number of hydrogen-bond donors (Lipinski definition) is 0. The minimum atomic E-state index is -3.29. The Balaban J connectivity index is 2.05. The van der Waals surface area contributed by atoms with Gasteiger partial charge in [-0.2, -0.15) is 16.8 Å². The van der Waals surface area contributed by atoms with Crippen LogP contribution in [0.15, 0.2) is 51.7 Å². The van der Waals surface area contributed by atoms with E-state index in [4.69, 9.17) is 0 Å². The normalized spacial score (nSPS) is 13.0. The van der Waals surface area contributed by atoms with Gasteiger partial charge < -0.3 is 4.57 Å². The van der Waals surface area contributed by atoms with E-state index in [-0.39, 0.29) is 10.8 Å². The lowest BCUT2D eigenvalue weighted by molar-refractivity contribution is -0.113. The van der Waals surface area contributed by atoms with E-state index in [9.17, 15) is 13.2 Å². The van der Waals surface area contributed by atoms with E-state index in [1.165, 1.54) is 23.7 Å². The number of thioether (sulfide) groups is 1. The first kappa shape index (κ1) is 20.1. The molecular weight excluding hydrogens is 420 g/mol. The second kappa shape index (κ2) is 8.55. The van der Waals surface area contributed by atoms with Gasteiger partial charge >= 0.3 is 0 Å². The molecule has 0 aliphatic rings. The number of aromatic nitrogens is 1. The molecule has 3 aromatic rings. The highest BCUT2D eigenvalue weighted by atomic mass is 32.2. The fraction of sp³-hybridized carbons (Fsp3) is 0.222. The van der Waals surface area contributed by atoms with E-state index in [1.807, 2.05) is 28.3 Å². The largest absolute Gasteiger partial charge is 0.316 e. The molecule has 0 fully saturated rings.